The highest BCUT2D eigenvalue weighted by molar-refractivity contribution is 14.0. The van der Waals surface area contributed by atoms with E-state index < -0.39 is 10.0 Å². The van der Waals surface area contributed by atoms with Crippen LogP contribution in [0.2, 0.25) is 4.34 Å². The van der Waals surface area contributed by atoms with Crippen molar-refractivity contribution in [3.8, 4) is 5.75 Å². The zero-order valence-electron chi connectivity index (χ0n) is 14.9. The average molecular weight is 545 g/mol. The van der Waals surface area contributed by atoms with Crippen LogP contribution < -0.4 is 20.1 Å². The van der Waals surface area contributed by atoms with Crippen LogP contribution >= 0.6 is 46.9 Å². The molecule has 11 heteroatoms. The number of hydrogen-bond acceptors (Lipinski definition) is 5. The standard InChI is InChI=1S/C16H21ClN4O3S2.HI/c1-18-16(20-11-12-4-3-5-13(10-12)24-2)19-8-9-21-26(22,23)15-7-6-14(17)25-15;/h3-7,10,21H,8-9,11H2,1-2H3,(H2,18,19,20);1H. The first-order valence-electron chi connectivity index (χ1n) is 7.77. The predicted octanol–water partition coefficient (Wildman–Crippen LogP) is 2.67. The molecule has 1 aromatic heterocycles. The Labute approximate surface area is 185 Å². The largest absolute Gasteiger partial charge is 0.497 e. The van der Waals surface area contributed by atoms with E-state index in [1.165, 1.54) is 6.07 Å². The summed E-state index contributed by atoms with van der Waals surface area (Å²) in [4.78, 5) is 4.11. The van der Waals surface area contributed by atoms with Gasteiger partial charge in [-0.2, -0.15) is 0 Å². The summed E-state index contributed by atoms with van der Waals surface area (Å²) >= 11 is 6.80. The van der Waals surface area contributed by atoms with Gasteiger partial charge in [0.25, 0.3) is 0 Å². The summed E-state index contributed by atoms with van der Waals surface area (Å²) in [5, 5.41) is 6.22. The Morgan fingerprint density at radius 2 is 2.00 bits per heavy atom. The molecule has 0 radical (unpaired) electrons. The maximum atomic E-state index is 12.1. The molecule has 0 saturated carbocycles. The lowest BCUT2D eigenvalue weighted by Gasteiger charge is -2.12. The lowest BCUT2D eigenvalue weighted by Crippen LogP contribution is -2.41. The lowest BCUT2D eigenvalue weighted by molar-refractivity contribution is 0.414. The highest BCUT2D eigenvalue weighted by Crippen LogP contribution is 2.25. The van der Waals surface area contributed by atoms with Crippen molar-refractivity contribution < 1.29 is 13.2 Å². The smallest absolute Gasteiger partial charge is 0.250 e. The summed E-state index contributed by atoms with van der Waals surface area (Å²) in [5.41, 5.74) is 1.04. The topological polar surface area (TPSA) is 91.8 Å². The third-order valence-electron chi connectivity index (χ3n) is 3.34. The number of guanidine groups is 1. The first kappa shape index (κ1) is 24.0. The van der Waals surface area contributed by atoms with E-state index in [9.17, 15) is 8.42 Å². The SMILES string of the molecule is CN=C(NCCNS(=O)(=O)c1ccc(Cl)s1)NCc1cccc(OC)c1.I. The van der Waals surface area contributed by atoms with Crippen molar-refractivity contribution in [2.75, 3.05) is 27.2 Å². The fourth-order valence-corrected chi connectivity index (χ4v) is 4.63. The molecule has 1 heterocycles. The summed E-state index contributed by atoms with van der Waals surface area (Å²) in [7, 11) is -0.262. The van der Waals surface area contributed by atoms with Gasteiger partial charge in [-0.15, -0.1) is 35.3 Å². The van der Waals surface area contributed by atoms with Crippen molar-refractivity contribution in [1.29, 1.82) is 0 Å². The average Bonchev–Trinajstić information content (AvgIpc) is 3.08. The normalized spacial score (nSPS) is 11.6. The molecular weight excluding hydrogens is 523 g/mol. The monoisotopic (exact) mass is 544 g/mol. The van der Waals surface area contributed by atoms with Gasteiger partial charge in [0.2, 0.25) is 10.0 Å². The van der Waals surface area contributed by atoms with Crippen LogP contribution in [-0.2, 0) is 16.6 Å². The molecule has 0 bridgehead atoms. The highest BCUT2D eigenvalue weighted by Gasteiger charge is 2.15. The van der Waals surface area contributed by atoms with Crippen LogP contribution in [0.1, 0.15) is 5.56 Å². The van der Waals surface area contributed by atoms with Crippen LogP contribution in [0.15, 0.2) is 45.6 Å². The van der Waals surface area contributed by atoms with E-state index in [1.54, 1.807) is 20.2 Å². The predicted molar refractivity (Wildman–Crippen MR) is 121 cm³/mol. The van der Waals surface area contributed by atoms with Gasteiger partial charge in [0.1, 0.15) is 9.96 Å². The van der Waals surface area contributed by atoms with Crippen LogP contribution in [0, 0.1) is 0 Å². The number of rotatable bonds is 8. The fourth-order valence-electron chi connectivity index (χ4n) is 2.07. The van der Waals surface area contributed by atoms with Gasteiger partial charge in [-0.1, -0.05) is 23.7 Å². The first-order valence-corrected chi connectivity index (χ1v) is 10.4. The molecule has 1 aromatic carbocycles. The number of methoxy groups -OCH3 is 1. The molecule has 0 spiro atoms. The molecule has 0 unspecified atom stereocenters. The van der Waals surface area contributed by atoms with Crippen LogP contribution in [-0.4, -0.2) is 41.6 Å². The molecule has 0 aliphatic heterocycles. The first-order chi connectivity index (χ1) is 12.4. The van der Waals surface area contributed by atoms with Crippen LogP contribution in [0.4, 0.5) is 0 Å². The van der Waals surface area contributed by atoms with Gasteiger partial charge in [0, 0.05) is 26.7 Å². The number of benzene rings is 1. The molecule has 150 valence electrons. The van der Waals surface area contributed by atoms with E-state index >= 15 is 0 Å². The Morgan fingerprint density at radius 3 is 2.63 bits per heavy atom. The number of aliphatic imine (C=N–C) groups is 1. The second-order valence-corrected chi connectivity index (χ2v) is 8.87. The van der Waals surface area contributed by atoms with Gasteiger partial charge in [0.15, 0.2) is 5.96 Å². The molecule has 0 fully saturated rings. The molecule has 0 aliphatic rings. The number of hydrogen-bond donors (Lipinski definition) is 3. The Kier molecular flexibility index (Phi) is 10.4. The van der Waals surface area contributed by atoms with E-state index in [4.69, 9.17) is 16.3 Å². The molecule has 2 rings (SSSR count). The molecule has 0 aliphatic carbocycles. The lowest BCUT2D eigenvalue weighted by atomic mass is 10.2. The summed E-state index contributed by atoms with van der Waals surface area (Å²) < 4.78 is 32.5. The fraction of sp³-hybridized carbons (Fsp3) is 0.312. The van der Waals surface area contributed by atoms with Crippen molar-refractivity contribution in [2.24, 2.45) is 4.99 Å². The van der Waals surface area contributed by atoms with E-state index in [2.05, 4.69) is 20.3 Å². The minimum atomic E-state index is -3.54. The molecule has 27 heavy (non-hydrogen) atoms. The molecular formula is C16H22ClIN4O3S2. The summed E-state index contributed by atoms with van der Waals surface area (Å²) in [6, 6.07) is 10.7. The van der Waals surface area contributed by atoms with Gasteiger partial charge in [0.05, 0.1) is 11.4 Å². The van der Waals surface area contributed by atoms with Crippen LogP contribution in [0.5, 0.6) is 5.75 Å². The second kappa shape index (κ2) is 11.7. The maximum Gasteiger partial charge on any atom is 0.250 e. The van der Waals surface area contributed by atoms with Crippen LogP contribution in [0.3, 0.4) is 0 Å². The van der Waals surface area contributed by atoms with Gasteiger partial charge in [-0.25, -0.2) is 13.1 Å². The maximum absolute atomic E-state index is 12.1. The molecule has 3 N–H and O–H groups in total. The van der Waals surface area contributed by atoms with Gasteiger partial charge in [-0.05, 0) is 29.8 Å². The number of ether oxygens (including phenoxy) is 1. The van der Waals surface area contributed by atoms with Crippen molar-refractivity contribution in [3.63, 3.8) is 0 Å². The quantitative estimate of drug-likeness (QED) is 0.206. The second-order valence-electron chi connectivity index (χ2n) is 5.16. The highest BCUT2D eigenvalue weighted by atomic mass is 127. The Balaban J connectivity index is 0.00000364. The van der Waals surface area contributed by atoms with E-state index in [-0.39, 0.29) is 34.7 Å². The summed E-state index contributed by atoms with van der Waals surface area (Å²) in [5.74, 6) is 1.36. The molecule has 2 aromatic rings. The zero-order valence-corrected chi connectivity index (χ0v) is 19.6. The third-order valence-corrected chi connectivity index (χ3v) is 6.52. The zero-order chi connectivity index (χ0) is 19.0. The third kappa shape index (κ3) is 7.82. The number of sulfonamides is 1. The molecule has 7 nitrogen and oxygen atoms in total. The summed E-state index contributed by atoms with van der Waals surface area (Å²) in [6.07, 6.45) is 0. The Hall–Kier alpha value is -1.08. The number of halogens is 2. The molecule has 0 saturated heterocycles. The molecule has 0 amide bonds. The van der Waals surface area contributed by atoms with E-state index in [0.29, 0.717) is 23.4 Å². The minimum absolute atomic E-state index is 0. The molecule has 0 atom stereocenters. The van der Waals surface area contributed by atoms with Crippen molar-refractivity contribution >= 4 is 62.9 Å². The van der Waals surface area contributed by atoms with Gasteiger partial charge >= 0.3 is 0 Å². The Morgan fingerprint density at radius 1 is 1.22 bits per heavy atom. The van der Waals surface area contributed by atoms with E-state index in [0.717, 1.165) is 22.6 Å². The number of nitrogens with zero attached hydrogens (tertiary/aromatic N) is 1. The summed E-state index contributed by atoms with van der Waals surface area (Å²) in [6.45, 7) is 1.17. The van der Waals surface area contributed by atoms with Crippen molar-refractivity contribution in [2.45, 2.75) is 10.8 Å². The van der Waals surface area contributed by atoms with Crippen LogP contribution in [0.25, 0.3) is 0 Å². The van der Waals surface area contributed by atoms with Gasteiger partial charge in [-0.3, -0.25) is 4.99 Å². The minimum Gasteiger partial charge on any atom is -0.497 e. The number of thiophene rings is 1. The van der Waals surface area contributed by atoms with Crippen molar-refractivity contribution in [1.82, 2.24) is 15.4 Å². The Bertz CT molecular complexity index is 859. The van der Waals surface area contributed by atoms with Gasteiger partial charge < -0.3 is 15.4 Å². The van der Waals surface area contributed by atoms with E-state index in [1.807, 2.05) is 24.3 Å². The number of nitrogens with one attached hydrogen (secondary N) is 3. The van der Waals surface area contributed by atoms with Crippen molar-refractivity contribution in [3.05, 3.63) is 46.3 Å².